The standard InChI is InChI=1S/C27H22FN7O/c1-18-14-33(17-29-18)25-12-9-20(13-26(25)36-2)23-16-35(32-31-23)27-30-22-5-3-4-6-24(22)34(27)15-19-7-10-21(28)11-8-19/h3-14,16-17H,15H2,1-2H3. The van der Waals surface area contributed by atoms with Gasteiger partial charge in [0.1, 0.15) is 17.3 Å². The van der Waals surface area contributed by atoms with E-state index in [1.54, 1.807) is 30.3 Å². The van der Waals surface area contributed by atoms with Crippen molar-refractivity contribution in [3.8, 4) is 28.6 Å². The van der Waals surface area contributed by atoms with Crippen LogP contribution >= 0.6 is 0 Å². The Bertz CT molecular complexity index is 1680. The van der Waals surface area contributed by atoms with E-state index in [-0.39, 0.29) is 5.82 Å². The molecule has 0 atom stereocenters. The second kappa shape index (κ2) is 8.77. The van der Waals surface area contributed by atoms with Gasteiger partial charge in [0.15, 0.2) is 0 Å². The highest BCUT2D eigenvalue weighted by Crippen LogP contribution is 2.29. The third-order valence-electron chi connectivity index (χ3n) is 6.05. The van der Waals surface area contributed by atoms with Gasteiger partial charge in [-0.05, 0) is 48.9 Å². The number of para-hydroxylation sites is 2. The van der Waals surface area contributed by atoms with Gasteiger partial charge in [-0.25, -0.2) is 14.4 Å². The number of halogens is 1. The summed E-state index contributed by atoms with van der Waals surface area (Å²) in [5, 5.41) is 8.79. The quantitative estimate of drug-likeness (QED) is 0.337. The van der Waals surface area contributed by atoms with E-state index in [9.17, 15) is 4.39 Å². The Morgan fingerprint density at radius 1 is 0.972 bits per heavy atom. The molecule has 0 unspecified atom stereocenters. The fourth-order valence-corrected chi connectivity index (χ4v) is 4.26. The summed E-state index contributed by atoms with van der Waals surface area (Å²) in [6, 6.07) is 20.2. The summed E-state index contributed by atoms with van der Waals surface area (Å²) >= 11 is 0. The summed E-state index contributed by atoms with van der Waals surface area (Å²) in [7, 11) is 1.64. The fourth-order valence-electron chi connectivity index (χ4n) is 4.26. The van der Waals surface area contributed by atoms with Crippen LogP contribution in [0.1, 0.15) is 11.3 Å². The molecule has 0 radical (unpaired) electrons. The molecule has 3 aromatic heterocycles. The number of nitrogens with zero attached hydrogens (tertiary/aromatic N) is 7. The smallest absolute Gasteiger partial charge is 0.233 e. The molecule has 0 amide bonds. The van der Waals surface area contributed by atoms with Crippen LogP contribution in [0.15, 0.2) is 85.5 Å². The van der Waals surface area contributed by atoms with E-state index in [1.165, 1.54) is 12.1 Å². The molecular formula is C27H22FN7O. The molecule has 6 rings (SSSR count). The highest BCUT2D eigenvalue weighted by atomic mass is 19.1. The zero-order chi connectivity index (χ0) is 24.6. The van der Waals surface area contributed by atoms with Crippen LogP contribution in [0.2, 0.25) is 0 Å². The third kappa shape index (κ3) is 3.90. The molecule has 0 bridgehead atoms. The Morgan fingerprint density at radius 2 is 1.81 bits per heavy atom. The van der Waals surface area contributed by atoms with Gasteiger partial charge in [0.2, 0.25) is 5.95 Å². The molecule has 0 N–H and O–H groups in total. The molecule has 0 aliphatic heterocycles. The van der Waals surface area contributed by atoms with Gasteiger partial charge in [-0.2, -0.15) is 4.68 Å². The number of aryl methyl sites for hydroxylation is 1. The first kappa shape index (κ1) is 21.7. The zero-order valence-corrected chi connectivity index (χ0v) is 19.7. The maximum atomic E-state index is 13.4. The van der Waals surface area contributed by atoms with Crippen LogP contribution in [0, 0.1) is 12.7 Å². The highest BCUT2D eigenvalue weighted by Gasteiger charge is 2.16. The lowest BCUT2D eigenvalue weighted by Gasteiger charge is -2.10. The average Bonchev–Trinajstić information content (AvgIpc) is 3.64. The number of ether oxygens (including phenoxy) is 1. The minimum Gasteiger partial charge on any atom is -0.495 e. The van der Waals surface area contributed by atoms with E-state index in [0.29, 0.717) is 23.9 Å². The summed E-state index contributed by atoms with van der Waals surface area (Å²) in [5.74, 6) is 1.06. The van der Waals surface area contributed by atoms with Crippen molar-refractivity contribution in [1.82, 2.24) is 34.1 Å². The van der Waals surface area contributed by atoms with Gasteiger partial charge >= 0.3 is 0 Å². The molecule has 36 heavy (non-hydrogen) atoms. The Hall–Kier alpha value is -4.79. The molecule has 3 aromatic carbocycles. The third-order valence-corrected chi connectivity index (χ3v) is 6.05. The van der Waals surface area contributed by atoms with Crippen LogP contribution in [0.3, 0.4) is 0 Å². The van der Waals surface area contributed by atoms with Gasteiger partial charge in [-0.3, -0.25) is 0 Å². The van der Waals surface area contributed by atoms with Crippen molar-refractivity contribution in [2.24, 2.45) is 0 Å². The lowest BCUT2D eigenvalue weighted by Crippen LogP contribution is -2.09. The second-order valence-electron chi connectivity index (χ2n) is 8.47. The molecule has 0 saturated carbocycles. The highest BCUT2D eigenvalue weighted by molar-refractivity contribution is 5.77. The molecule has 178 valence electrons. The van der Waals surface area contributed by atoms with Crippen LogP contribution in [0.5, 0.6) is 5.75 Å². The van der Waals surface area contributed by atoms with Crippen molar-refractivity contribution in [2.45, 2.75) is 13.5 Å². The summed E-state index contributed by atoms with van der Waals surface area (Å²) in [6.45, 7) is 2.46. The molecule has 0 fully saturated rings. The van der Waals surface area contributed by atoms with Gasteiger partial charge < -0.3 is 13.9 Å². The maximum absolute atomic E-state index is 13.4. The predicted molar refractivity (Wildman–Crippen MR) is 134 cm³/mol. The number of benzene rings is 3. The van der Waals surface area contributed by atoms with E-state index in [2.05, 4.69) is 15.3 Å². The van der Waals surface area contributed by atoms with Gasteiger partial charge in [-0.15, -0.1) is 5.10 Å². The Morgan fingerprint density at radius 3 is 2.58 bits per heavy atom. The van der Waals surface area contributed by atoms with Crippen molar-refractivity contribution in [3.05, 3.63) is 103 Å². The predicted octanol–water partition coefficient (Wildman–Crippen LogP) is 4.97. The van der Waals surface area contributed by atoms with E-state index in [1.807, 2.05) is 70.9 Å². The van der Waals surface area contributed by atoms with Crippen LogP contribution < -0.4 is 4.74 Å². The molecular weight excluding hydrogens is 457 g/mol. The summed E-state index contributed by atoms with van der Waals surface area (Å²) in [4.78, 5) is 9.11. The van der Waals surface area contributed by atoms with Crippen molar-refractivity contribution < 1.29 is 9.13 Å². The van der Waals surface area contributed by atoms with Crippen molar-refractivity contribution in [1.29, 1.82) is 0 Å². The van der Waals surface area contributed by atoms with Crippen LogP contribution in [0.25, 0.3) is 33.9 Å². The number of rotatable bonds is 6. The van der Waals surface area contributed by atoms with Gasteiger partial charge in [-0.1, -0.05) is 35.5 Å². The first-order chi connectivity index (χ1) is 17.6. The molecule has 0 saturated heterocycles. The maximum Gasteiger partial charge on any atom is 0.233 e. The summed E-state index contributed by atoms with van der Waals surface area (Å²) in [6.07, 6.45) is 5.55. The first-order valence-corrected chi connectivity index (χ1v) is 11.4. The SMILES string of the molecule is COc1cc(-c2cn(-c3nc4ccccc4n3Cc3ccc(F)cc3)nn2)ccc1-n1cnc(C)c1. The van der Waals surface area contributed by atoms with Crippen LogP contribution in [-0.4, -0.2) is 41.2 Å². The van der Waals surface area contributed by atoms with Gasteiger partial charge in [0.25, 0.3) is 0 Å². The largest absolute Gasteiger partial charge is 0.495 e. The van der Waals surface area contributed by atoms with Crippen molar-refractivity contribution >= 4 is 11.0 Å². The number of methoxy groups -OCH3 is 1. The number of aromatic nitrogens is 7. The average molecular weight is 480 g/mol. The Kier molecular flexibility index (Phi) is 5.29. The minimum absolute atomic E-state index is 0.264. The van der Waals surface area contributed by atoms with Crippen molar-refractivity contribution in [2.75, 3.05) is 7.11 Å². The molecule has 6 aromatic rings. The molecule has 9 heteroatoms. The zero-order valence-electron chi connectivity index (χ0n) is 19.7. The number of hydrogen-bond donors (Lipinski definition) is 0. The lowest BCUT2D eigenvalue weighted by molar-refractivity contribution is 0.413. The summed E-state index contributed by atoms with van der Waals surface area (Å²) < 4.78 is 24.7. The summed E-state index contributed by atoms with van der Waals surface area (Å²) in [5.41, 5.74) is 6.10. The minimum atomic E-state index is -0.264. The number of imidazole rings is 2. The van der Waals surface area contributed by atoms with E-state index in [4.69, 9.17) is 9.72 Å². The number of hydrogen-bond acceptors (Lipinski definition) is 5. The normalized spacial score (nSPS) is 11.3. The molecule has 0 aliphatic rings. The monoisotopic (exact) mass is 479 g/mol. The van der Waals surface area contributed by atoms with Crippen molar-refractivity contribution in [3.63, 3.8) is 0 Å². The molecule has 0 aliphatic carbocycles. The van der Waals surface area contributed by atoms with Crippen LogP contribution in [0.4, 0.5) is 4.39 Å². The van der Waals surface area contributed by atoms with Gasteiger partial charge in [0.05, 0.1) is 48.6 Å². The van der Waals surface area contributed by atoms with Gasteiger partial charge in [0, 0.05) is 11.8 Å². The molecule has 3 heterocycles. The first-order valence-electron chi connectivity index (χ1n) is 11.4. The van der Waals surface area contributed by atoms with Crippen LogP contribution in [-0.2, 0) is 6.54 Å². The fraction of sp³-hybridized carbons (Fsp3) is 0.111. The lowest BCUT2D eigenvalue weighted by atomic mass is 10.1. The Balaban J connectivity index is 1.39. The van der Waals surface area contributed by atoms with E-state index < -0.39 is 0 Å². The molecule has 0 spiro atoms. The topological polar surface area (TPSA) is 75.6 Å². The second-order valence-corrected chi connectivity index (χ2v) is 8.47. The molecule has 8 nitrogen and oxygen atoms in total. The van der Waals surface area contributed by atoms with E-state index in [0.717, 1.165) is 33.5 Å². The number of fused-ring (bicyclic) bond motifs is 1. The Labute approximate surface area is 206 Å². The van der Waals surface area contributed by atoms with E-state index >= 15 is 0 Å².